The number of aryl methyl sites for hydroxylation is 1. The minimum atomic E-state index is 0. The van der Waals surface area contributed by atoms with E-state index >= 15 is 0 Å². The summed E-state index contributed by atoms with van der Waals surface area (Å²) in [6.07, 6.45) is 4.68. The maximum Gasteiger partial charge on any atom is 0.191 e. The van der Waals surface area contributed by atoms with Crippen molar-refractivity contribution in [1.82, 2.24) is 30.3 Å². The van der Waals surface area contributed by atoms with E-state index in [4.69, 9.17) is 9.73 Å². The summed E-state index contributed by atoms with van der Waals surface area (Å²) in [5, 5.41) is 15.5. The van der Waals surface area contributed by atoms with Gasteiger partial charge >= 0.3 is 0 Å². The van der Waals surface area contributed by atoms with E-state index < -0.39 is 0 Å². The Bertz CT molecular complexity index is 863. The Balaban J connectivity index is 0.00000272. The number of likely N-dealkylation sites (tertiary alicyclic amines) is 1. The maximum absolute atomic E-state index is 5.46. The average Bonchev–Trinajstić information content (AvgIpc) is 3.52. The van der Waals surface area contributed by atoms with E-state index in [0.717, 1.165) is 68.9 Å². The number of guanidine groups is 1. The smallest absolute Gasteiger partial charge is 0.191 e. The second-order valence-corrected chi connectivity index (χ2v) is 7.90. The van der Waals surface area contributed by atoms with Crippen LogP contribution in [0.1, 0.15) is 49.4 Å². The Kier molecular flexibility index (Phi) is 8.94. The van der Waals surface area contributed by atoms with Crippen LogP contribution in [0.4, 0.5) is 0 Å². The fourth-order valence-corrected chi connectivity index (χ4v) is 4.37. The van der Waals surface area contributed by atoms with Crippen LogP contribution in [0, 0.1) is 0 Å². The van der Waals surface area contributed by atoms with Crippen molar-refractivity contribution in [3.8, 4) is 5.75 Å². The van der Waals surface area contributed by atoms with Gasteiger partial charge in [0.1, 0.15) is 18.1 Å². The van der Waals surface area contributed by atoms with Gasteiger partial charge in [-0.1, -0.05) is 12.1 Å². The van der Waals surface area contributed by atoms with Gasteiger partial charge in [-0.25, -0.2) is 4.99 Å². The van der Waals surface area contributed by atoms with Gasteiger partial charge in [-0.2, -0.15) is 0 Å². The molecule has 0 saturated carbocycles. The first kappa shape index (κ1) is 23.8. The molecule has 31 heavy (non-hydrogen) atoms. The van der Waals surface area contributed by atoms with Crippen molar-refractivity contribution in [2.75, 3.05) is 33.3 Å². The summed E-state index contributed by atoms with van der Waals surface area (Å²) in [7, 11) is 1.72. The Labute approximate surface area is 201 Å². The Hall–Kier alpha value is -1.88. The van der Waals surface area contributed by atoms with Gasteiger partial charge in [0.05, 0.1) is 13.2 Å². The third-order valence-electron chi connectivity index (χ3n) is 5.93. The highest BCUT2D eigenvalue weighted by atomic mass is 127. The number of hydrogen-bond donors (Lipinski definition) is 2. The van der Waals surface area contributed by atoms with Gasteiger partial charge < -0.3 is 19.9 Å². The normalized spacial score (nSPS) is 17.2. The molecule has 1 unspecified atom stereocenters. The first-order chi connectivity index (χ1) is 14.8. The third kappa shape index (κ3) is 5.88. The van der Waals surface area contributed by atoms with Gasteiger partial charge in [-0.15, -0.1) is 34.2 Å². The highest BCUT2D eigenvalue weighted by Crippen LogP contribution is 2.27. The highest BCUT2D eigenvalue weighted by molar-refractivity contribution is 14.0. The van der Waals surface area contributed by atoms with Crippen molar-refractivity contribution in [1.29, 1.82) is 0 Å². The van der Waals surface area contributed by atoms with E-state index in [-0.39, 0.29) is 30.0 Å². The lowest BCUT2D eigenvalue weighted by molar-refractivity contribution is 0.245. The van der Waals surface area contributed by atoms with E-state index in [1.165, 1.54) is 18.4 Å². The number of halogens is 1. The van der Waals surface area contributed by atoms with E-state index in [2.05, 4.69) is 55.4 Å². The summed E-state index contributed by atoms with van der Waals surface area (Å²) in [6.45, 7) is 7.49. The zero-order valence-electron chi connectivity index (χ0n) is 18.5. The highest BCUT2D eigenvalue weighted by Gasteiger charge is 2.24. The second kappa shape index (κ2) is 11.7. The lowest BCUT2D eigenvalue weighted by Crippen LogP contribution is -2.42. The fourth-order valence-electron chi connectivity index (χ4n) is 4.37. The molecule has 1 aromatic carbocycles. The zero-order chi connectivity index (χ0) is 20.8. The second-order valence-electron chi connectivity index (χ2n) is 7.90. The molecular formula is C22H34IN7O. The molecule has 0 spiro atoms. The number of aromatic nitrogens is 3. The van der Waals surface area contributed by atoms with Crippen molar-refractivity contribution in [3.63, 3.8) is 0 Å². The molecule has 2 aliphatic rings. The molecule has 1 atom stereocenters. The molecule has 1 saturated heterocycles. The molecule has 170 valence electrons. The topological polar surface area (TPSA) is 79.6 Å². The van der Waals surface area contributed by atoms with Crippen LogP contribution in [-0.2, 0) is 19.5 Å². The zero-order valence-corrected chi connectivity index (χ0v) is 20.8. The van der Waals surface area contributed by atoms with Gasteiger partial charge in [-0.3, -0.25) is 4.90 Å². The predicted molar refractivity (Wildman–Crippen MR) is 133 cm³/mol. The van der Waals surface area contributed by atoms with Gasteiger partial charge in [-0.05, 0) is 57.0 Å². The van der Waals surface area contributed by atoms with E-state index in [1.54, 1.807) is 7.11 Å². The molecule has 1 aromatic heterocycles. The molecular weight excluding hydrogens is 505 g/mol. The SMILES string of the molecule is CCNC(=NCc1nnc2n1CCC2)NCC(c1cccc(OC)c1)N1CCCC1.I. The number of fused-ring (bicyclic) bond motifs is 1. The van der Waals surface area contributed by atoms with Gasteiger partial charge in [0.2, 0.25) is 0 Å². The Morgan fingerprint density at radius 1 is 1.16 bits per heavy atom. The predicted octanol–water partition coefficient (Wildman–Crippen LogP) is 2.74. The van der Waals surface area contributed by atoms with Crippen molar-refractivity contribution >= 4 is 29.9 Å². The lowest BCUT2D eigenvalue weighted by atomic mass is 10.1. The minimum Gasteiger partial charge on any atom is -0.497 e. The van der Waals surface area contributed by atoms with Gasteiger partial charge in [0.15, 0.2) is 11.8 Å². The van der Waals surface area contributed by atoms with E-state index in [9.17, 15) is 0 Å². The molecule has 2 N–H and O–H groups in total. The van der Waals surface area contributed by atoms with Crippen molar-refractivity contribution < 1.29 is 4.74 Å². The quantitative estimate of drug-likeness (QED) is 0.305. The van der Waals surface area contributed by atoms with Crippen LogP contribution < -0.4 is 15.4 Å². The summed E-state index contributed by atoms with van der Waals surface area (Å²) >= 11 is 0. The number of nitrogens with zero attached hydrogens (tertiary/aromatic N) is 5. The number of benzene rings is 1. The first-order valence-electron chi connectivity index (χ1n) is 11.1. The lowest BCUT2D eigenvalue weighted by Gasteiger charge is -2.29. The van der Waals surface area contributed by atoms with Gasteiger partial charge in [0, 0.05) is 26.1 Å². The van der Waals surface area contributed by atoms with Crippen LogP contribution >= 0.6 is 24.0 Å². The number of aliphatic imine (C=N–C) groups is 1. The number of hydrogen-bond acceptors (Lipinski definition) is 5. The van der Waals surface area contributed by atoms with Crippen molar-refractivity contribution in [2.45, 2.75) is 51.7 Å². The molecule has 2 aromatic rings. The van der Waals surface area contributed by atoms with Crippen molar-refractivity contribution in [3.05, 3.63) is 41.5 Å². The standard InChI is InChI=1S/C22H33N7O.HI/c1-3-23-22(25-16-21-27-26-20-10-7-13-29(20)21)24-15-19(28-11-4-5-12-28)17-8-6-9-18(14-17)30-2;/h6,8-9,14,19H,3-5,7,10-13,15-16H2,1-2H3,(H2,23,24,25);1H. The molecule has 3 heterocycles. The number of methoxy groups -OCH3 is 1. The van der Waals surface area contributed by atoms with Crippen LogP contribution in [0.3, 0.4) is 0 Å². The van der Waals surface area contributed by atoms with Crippen LogP contribution in [-0.4, -0.2) is 58.9 Å². The number of ether oxygens (including phenoxy) is 1. The molecule has 8 nitrogen and oxygen atoms in total. The molecule has 0 radical (unpaired) electrons. The van der Waals surface area contributed by atoms with Crippen LogP contribution in [0.2, 0.25) is 0 Å². The Morgan fingerprint density at radius 3 is 2.77 bits per heavy atom. The molecule has 0 bridgehead atoms. The number of nitrogens with one attached hydrogen (secondary N) is 2. The fraction of sp³-hybridized carbons (Fsp3) is 0.591. The monoisotopic (exact) mass is 539 g/mol. The molecule has 1 fully saturated rings. The van der Waals surface area contributed by atoms with Gasteiger partial charge in [0.25, 0.3) is 0 Å². The minimum absolute atomic E-state index is 0. The molecule has 0 aliphatic carbocycles. The van der Waals surface area contributed by atoms with Crippen LogP contribution in [0.15, 0.2) is 29.3 Å². The van der Waals surface area contributed by atoms with Crippen LogP contribution in [0.25, 0.3) is 0 Å². The summed E-state index contributed by atoms with van der Waals surface area (Å²) in [5.41, 5.74) is 1.27. The maximum atomic E-state index is 5.46. The Morgan fingerprint density at radius 2 is 2.00 bits per heavy atom. The summed E-state index contributed by atoms with van der Waals surface area (Å²) in [6, 6.07) is 8.69. The molecule has 4 rings (SSSR count). The summed E-state index contributed by atoms with van der Waals surface area (Å²) < 4.78 is 7.66. The number of rotatable bonds is 8. The molecule has 0 amide bonds. The van der Waals surface area contributed by atoms with E-state index in [0.29, 0.717) is 6.54 Å². The first-order valence-corrected chi connectivity index (χ1v) is 11.1. The summed E-state index contributed by atoms with van der Waals surface area (Å²) in [5.74, 6) is 3.76. The third-order valence-corrected chi connectivity index (χ3v) is 5.93. The van der Waals surface area contributed by atoms with E-state index in [1.807, 2.05) is 6.07 Å². The average molecular weight is 539 g/mol. The largest absolute Gasteiger partial charge is 0.497 e. The molecule has 9 heteroatoms. The molecule has 2 aliphatic heterocycles. The van der Waals surface area contributed by atoms with Crippen LogP contribution in [0.5, 0.6) is 5.75 Å². The summed E-state index contributed by atoms with van der Waals surface area (Å²) in [4.78, 5) is 7.34. The van der Waals surface area contributed by atoms with Crippen molar-refractivity contribution in [2.24, 2.45) is 4.99 Å².